The molecule has 100 valence electrons. The molecule has 0 bridgehead atoms. The highest BCUT2D eigenvalue weighted by Gasteiger charge is 2.18. The number of nitrogens with zero attached hydrogens (tertiary/aromatic N) is 1. The van der Waals surface area contributed by atoms with E-state index in [2.05, 4.69) is 43.7 Å². The van der Waals surface area contributed by atoms with Crippen molar-refractivity contribution in [2.24, 2.45) is 0 Å². The van der Waals surface area contributed by atoms with Crippen LogP contribution in [0, 0.1) is 0 Å². The lowest BCUT2D eigenvalue weighted by atomic mass is 9.93. The van der Waals surface area contributed by atoms with E-state index in [-0.39, 0.29) is 11.3 Å². The largest absolute Gasteiger partial charge is 0.298 e. The predicted molar refractivity (Wildman–Crippen MR) is 82.5 cm³/mol. The minimum Gasteiger partial charge on any atom is -0.298 e. The molecule has 0 aliphatic carbocycles. The van der Waals surface area contributed by atoms with Crippen molar-refractivity contribution in [1.82, 2.24) is 4.98 Å². The van der Waals surface area contributed by atoms with Gasteiger partial charge in [0.25, 0.3) is 5.91 Å². The van der Waals surface area contributed by atoms with Crippen molar-refractivity contribution in [2.45, 2.75) is 31.1 Å². The summed E-state index contributed by atoms with van der Waals surface area (Å²) in [5.41, 5.74) is 1.58. The third-order valence-electron chi connectivity index (χ3n) is 2.62. The Morgan fingerprint density at radius 2 is 1.89 bits per heavy atom. The zero-order valence-corrected chi connectivity index (χ0v) is 12.8. The van der Waals surface area contributed by atoms with Crippen LogP contribution in [0.3, 0.4) is 0 Å². The van der Waals surface area contributed by atoms with Gasteiger partial charge in [-0.05, 0) is 24.3 Å². The molecule has 1 N–H and O–H groups in total. The van der Waals surface area contributed by atoms with Gasteiger partial charge in [0, 0.05) is 21.3 Å². The quantitative estimate of drug-likeness (QED) is 0.822. The molecule has 0 aliphatic heterocycles. The molecule has 0 unspecified atom stereocenters. The molecular formula is C14H16N2OS2. The SMILES string of the molecule is CC(C)(C)c1csc(NC(=O)c2ccc(S)cc2)n1. The first-order chi connectivity index (χ1) is 8.86. The molecule has 0 radical (unpaired) electrons. The van der Waals surface area contributed by atoms with E-state index < -0.39 is 0 Å². The Bertz CT molecular complexity index is 582. The van der Waals surface area contributed by atoms with Crippen LogP contribution in [0.5, 0.6) is 0 Å². The lowest BCUT2D eigenvalue weighted by molar-refractivity contribution is 0.102. The van der Waals surface area contributed by atoms with Gasteiger partial charge in [-0.1, -0.05) is 20.8 Å². The molecule has 0 aliphatic rings. The van der Waals surface area contributed by atoms with E-state index in [9.17, 15) is 4.79 Å². The molecular weight excluding hydrogens is 276 g/mol. The van der Waals surface area contributed by atoms with Gasteiger partial charge in [0.05, 0.1) is 5.69 Å². The van der Waals surface area contributed by atoms with Crippen molar-refractivity contribution in [3.63, 3.8) is 0 Å². The lowest BCUT2D eigenvalue weighted by Crippen LogP contribution is -2.14. The fraction of sp³-hybridized carbons (Fsp3) is 0.286. The number of hydrogen-bond donors (Lipinski definition) is 2. The molecule has 0 atom stereocenters. The maximum atomic E-state index is 12.0. The summed E-state index contributed by atoms with van der Waals surface area (Å²) in [6.07, 6.45) is 0. The van der Waals surface area contributed by atoms with Crippen molar-refractivity contribution in [3.8, 4) is 0 Å². The van der Waals surface area contributed by atoms with Crippen LogP contribution in [-0.2, 0) is 5.41 Å². The number of benzene rings is 1. The maximum Gasteiger partial charge on any atom is 0.257 e. The van der Waals surface area contributed by atoms with Gasteiger partial charge in [-0.2, -0.15) is 0 Å². The predicted octanol–water partition coefficient (Wildman–Crippen LogP) is 3.98. The zero-order valence-electron chi connectivity index (χ0n) is 11.1. The Labute approximate surface area is 122 Å². The Morgan fingerprint density at radius 1 is 1.26 bits per heavy atom. The number of anilines is 1. The summed E-state index contributed by atoms with van der Waals surface area (Å²) in [6.45, 7) is 6.29. The van der Waals surface area contributed by atoms with Gasteiger partial charge in [0.15, 0.2) is 5.13 Å². The molecule has 0 fully saturated rings. The summed E-state index contributed by atoms with van der Waals surface area (Å²) in [5.74, 6) is -0.150. The van der Waals surface area contributed by atoms with Gasteiger partial charge < -0.3 is 0 Å². The average molecular weight is 292 g/mol. The first-order valence-electron chi connectivity index (χ1n) is 5.92. The van der Waals surface area contributed by atoms with Gasteiger partial charge in [-0.25, -0.2) is 4.98 Å². The van der Waals surface area contributed by atoms with Crippen LogP contribution in [0.1, 0.15) is 36.8 Å². The zero-order chi connectivity index (χ0) is 14.0. The highest BCUT2D eigenvalue weighted by molar-refractivity contribution is 7.80. The molecule has 5 heteroatoms. The normalized spacial score (nSPS) is 11.4. The van der Waals surface area contributed by atoms with Crippen LogP contribution in [0.4, 0.5) is 5.13 Å². The Morgan fingerprint density at radius 3 is 2.42 bits per heavy atom. The number of thiazole rings is 1. The fourth-order valence-corrected chi connectivity index (χ4v) is 2.54. The summed E-state index contributed by atoms with van der Waals surface area (Å²) in [4.78, 5) is 17.3. The van der Waals surface area contributed by atoms with E-state index in [1.165, 1.54) is 11.3 Å². The molecule has 0 saturated carbocycles. The molecule has 1 heterocycles. The van der Waals surface area contributed by atoms with E-state index in [1.807, 2.05) is 5.38 Å². The van der Waals surface area contributed by atoms with Crippen LogP contribution in [-0.4, -0.2) is 10.9 Å². The molecule has 2 rings (SSSR count). The molecule has 1 aromatic heterocycles. The van der Waals surface area contributed by atoms with Crippen LogP contribution in [0.2, 0.25) is 0 Å². The van der Waals surface area contributed by atoms with Crippen molar-refractivity contribution in [1.29, 1.82) is 0 Å². The van der Waals surface area contributed by atoms with Gasteiger partial charge in [-0.15, -0.1) is 24.0 Å². The third kappa shape index (κ3) is 3.58. The number of nitrogens with one attached hydrogen (secondary N) is 1. The molecule has 0 saturated heterocycles. The van der Waals surface area contributed by atoms with Gasteiger partial charge >= 0.3 is 0 Å². The first kappa shape index (κ1) is 14.1. The number of thiol groups is 1. The second-order valence-corrected chi connectivity index (χ2v) is 6.66. The molecule has 2 aromatic rings. The van der Waals surface area contributed by atoms with Gasteiger partial charge in [0.1, 0.15) is 0 Å². The molecule has 1 amide bonds. The van der Waals surface area contributed by atoms with Crippen molar-refractivity contribution >= 4 is 35.0 Å². The van der Waals surface area contributed by atoms with Crippen molar-refractivity contribution in [2.75, 3.05) is 5.32 Å². The van der Waals surface area contributed by atoms with Gasteiger partial charge in [-0.3, -0.25) is 10.1 Å². The summed E-state index contributed by atoms with van der Waals surface area (Å²) in [6, 6.07) is 7.08. The van der Waals surface area contributed by atoms with Crippen LogP contribution in [0.15, 0.2) is 34.5 Å². The summed E-state index contributed by atoms with van der Waals surface area (Å²) < 4.78 is 0. The molecule has 19 heavy (non-hydrogen) atoms. The fourth-order valence-electron chi connectivity index (χ4n) is 1.46. The van der Waals surface area contributed by atoms with Crippen molar-refractivity contribution < 1.29 is 4.79 Å². The lowest BCUT2D eigenvalue weighted by Gasteiger charge is -2.14. The minimum absolute atomic E-state index is 0.00679. The van der Waals surface area contributed by atoms with Crippen LogP contribution in [0.25, 0.3) is 0 Å². The highest BCUT2D eigenvalue weighted by Crippen LogP contribution is 2.26. The van der Waals surface area contributed by atoms with E-state index >= 15 is 0 Å². The summed E-state index contributed by atoms with van der Waals surface area (Å²) >= 11 is 5.64. The number of rotatable bonds is 2. The average Bonchev–Trinajstić information content (AvgIpc) is 2.78. The molecule has 3 nitrogen and oxygen atoms in total. The molecule has 1 aromatic carbocycles. The number of hydrogen-bond acceptors (Lipinski definition) is 4. The third-order valence-corrected chi connectivity index (χ3v) is 3.68. The highest BCUT2D eigenvalue weighted by atomic mass is 32.1. The van der Waals surface area contributed by atoms with Gasteiger partial charge in [0.2, 0.25) is 0 Å². The number of carbonyl (C=O) groups excluding carboxylic acids is 1. The van der Waals surface area contributed by atoms with Crippen LogP contribution >= 0.6 is 24.0 Å². The summed E-state index contributed by atoms with van der Waals surface area (Å²) in [5, 5.41) is 5.42. The Hall–Kier alpha value is -1.33. The Kier molecular flexibility index (Phi) is 3.96. The van der Waals surface area contributed by atoms with Crippen molar-refractivity contribution in [3.05, 3.63) is 40.9 Å². The smallest absolute Gasteiger partial charge is 0.257 e. The standard InChI is InChI=1S/C14H16N2OS2/c1-14(2,3)11-8-19-13(15-11)16-12(17)9-4-6-10(18)7-5-9/h4-8,18H,1-3H3,(H,15,16,17). The number of carbonyl (C=O) groups is 1. The Balaban J connectivity index is 2.11. The van der Waals surface area contributed by atoms with E-state index in [0.717, 1.165) is 10.6 Å². The number of amides is 1. The van der Waals surface area contributed by atoms with E-state index in [0.29, 0.717) is 10.7 Å². The summed E-state index contributed by atoms with van der Waals surface area (Å²) in [7, 11) is 0. The maximum absolute atomic E-state index is 12.0. The van der Waals surface area contributed by atoms with E-state index in [1.54, 1.807) is 24.3 Å². The van der Waals surface area contributed by atoms with Crippen LogP contribution < -0.4 is 5.32 Å². The number of aromatic nitrogens is 1. The topological polar surface area (TPSA) is 42.0 Å². The monoisotopic (exact) mass is 292 g/mol. The minimum atomic E-state index is -0.150. The molecule has 0 spiro atoms. The second-order valence-electron chi connectivity index (χ2n) is 5.29. The first-order valence-corrected chi connectivity index (χ1v) is 7.25. The van der Waals surface area contributed by atoms with E-state index in [4.69, 9.17) is 0 Å². The second kappa shape index (κ2) is 5.35.